The molecule has 7 heteroatoms. The maximum atomic E-state index is 11.4. The lowest BCUT2D eigenvalue weighted by Gasteiger charge is -2.15. The number of carbonyl (C=O) groups is 1. The summed E-state index contributed by atoms with van der Waals surface area (Å²) in [7, 11) is 1.53. The van der Waals surface area contributed by atoms with Gasteiger partial charge in [0.25, 0.3) is 5.69 Å². The van der Waals surface area contributed by atoms with Crippen molar-refractivity contribution in [1.82, 2.24) is 0 Å². The van der Waals surface area contributed by atoms with Gasteiger partial charge in [0.1, 0.15) is 11.5 Å². The van der Waals surface area contributed by atoms with Gasteiger partial charge in [0, 0.05) is 18.6 Å². The number of hydrogen-bond acceptors (Lipinski definition) is 5. The highest BCUT2D eigenvalue weighted by molar-refractivity contribution is 5.73. The number of nitrogens with zero attached hydrogens (tertiary/aromatic N) is 1. The van der Waals surface area contributed by atoms with Crippen LogP contribution in [0.5, 0.6) is 11.5 Å². The fourth-order valence-corrected chi connectivity index (χ4v) is 2.01. The van der Waals surface area contributed by atoms with Gasteiger partial charge in [-0.05, 0) is 29.8 Å². The van der Waals surface area contributed by atoms with Gasteiger partial charge in [-0.15, -0.1) is 0 Å². The first-order valence-electron chi connectivity index (χ1n) is 6.76. The zero-order valence-electron chi connectivity index (χ0n) is 12.3. The number of benzene rings is 2. The average molecular weight is 317 g/mol. The Labute approximate surface area is 132 Å². The van der Waals surface area contributed by atoms with Gasteiger partial charge >= 0.3 is 5.97 Å². The van der Waals surface area contributed by atoms with Crippen LogP contribution < -0.4 is 9.47 Å². The topological polar surface area (TPSA) is 98.9 Å². The minimum atomic E-state index is -1.15. The highest BCUT2D eigenvalue weighted by Crippen LogP contribution is 2.20. The Bertz CT molecular complexity index is 698. The van der Waals surface area contributed by atoms with Gasteiger partial charge in [-0.1, -0.05) is 12.1 Å². The second-order valence-corrected chi connectivity index (χ2v) is 4.75. The van der Waals surface area contributed by atoms with Crippen LogP contribution in [0.15, 0.2) is 48.5 Å². The molecule has 0 fully saturated rings. The van der Waals surface area contributed by atoms with E-state index in [9.17, 15) is 20.0 Å². The normalized spacial score (nSPS) is 11.5. The van der Waals surface area contributed by atoms with Gasteiger partial charge in [-0.2, -0.15) is 0 Å². The summed E-state index contributed by atoms with van der Waals surface area (Å²) < 4.78 is 10.5. The second kappa shape index (κ2) is 7.26. The fourth-order valence-electron chi connectivity index (χ4n) is 2.01. The molecule has 0 heterocycles. The van der Waals surface area contributed by atoms with Crippen LogP contribution in [-0.2, 0) is 11.2 Å². The molecule has 0 aliphatic carbocycles. The van der Waals surface area contributed by atoms with Gasteiger partial charge in [-0.25, -0.2) is 4.79 Å². The molecule has 0 saturated heterocycles. The Hall–Kier alpha value is -3.09. The first-order valence-corrected chi connectivity index (χ1v) is 6.76. The number of nitro groups is 1. The summed E-state index contributed by atoms with van der Waals surface area (Å²) in [5.74, 6) is -0.140. The molecule has 0 aromatic heterocycles. The van der Waals surface area contributed by atoms with E-state index in [4.69, 9.17) is 9.47 Å². The predicted octanol–water partition coefficient (Wildman–Crippen LogP) is 2.68. The van der Waals surface area contributed by atoms with Crippen molar-refractivity contribution in [3.8, 4) is 11.5 Å². The van der Waals surface area contributed by atoms with E-state index in [2.05, 4.69) is 0 Å². The Balaban J connectivity index is 2.13. The molecule has 1 atom stereocenters. The number of nitro benzene ring substituents is 1. The summed E-state index contributed by atoms with van der Waals surface area (Å²) in [4.78, 5) is 21.6. The number of non-ortho nitro benzene ring substituents is 1. The summed E-state index contributed by atoms with van der Waals surface area (Å²) in [5.41, 5.74) is 0.427. The molecule has 1 N–H and O–H groups in total. The number of aliphatic carboxylic acids is 1. The first kappa shape index (κ1) is 16.3. The summed E-state index contributed by atoms with van der Waals surface area (Å²) in [6, 6.07) is 12.3. The highest BCUT2D eigenvalue weighted by atomic mass is 16.6. The summed E-state index contributed by atoms with van der Waals surface area (Å²) >= 11 is 0. The van der Waals surface area contributed by atoms with Crippen molar-refractivity contribution in [2.75, 3.05) is 7.11 Å². The van der Waals surface area contributed by atoms with E-state index < -0.39 is 17.0 Å². The zero-order valence-corrected chi connectivity index (χ0v) is 12.3. The smallest absolute Gasteiger partial charge is 0.345 e. The molecule has 0 spiro atoms. The lowest BCUT2D eigenvalue weighted by Crippen LogP contribution is -2.29. The summed E-state index contributed by atoms with van der Waals surface area (Å²) in [6.45, 7) is 0. The van der Waals surface area contributed by atoms with Crippen molar-refractivity contribution >= 4 is 11.7 Å². The van der Waals surface area contributed by atoms with Crippen LogP contribution >= 0.6 is 0 Å². The number of carboxylic acids is 1. The average Bonchev–Trinajstić information content (AvgIpc) is 2.55. The van der Waals surface area contributed by atoms with Gasteiger partial charge < -0.3 is 14.6 Å². The number of carboxylic acid groups (broad SMARTS) is 1. The van der Waals surface area contributed by atoms with E-state index >= 15 is 0 Å². The van der Waals surface area contributed by atoms with E-state index in [1.165, 1.54) is 25.3 Å². The van der Waals surface area contributed by atoms with Crippen LogP contribution in [0.4, 0.5) is 5.69 Å². The maximum absolute atomic E-state index is 11.4. The molecule has 7 nitrogen and oxygen atoms in total. The van der Waals surface area contributed by atoms with Gasteiger partial charge in [0.15, 0.2) is 6.10 Å². The molecular weight excluding hydrogens is 302 g/mol. The van der Waals surface area contributed by atoms with E-state index in [-0.39, 0.29) is 12.1 Å². The fraction of sp³-hybridized carbons (Fsp3) is 0.188. The van der Waals surface area contributed by atoms with Crippen LogP contribution in [0.1, 0.15) is 5.56 Å². The van der Waals surface area contributed by atoms with E-state index in [1.54, 1.807) is 30.3 Å². The van der Waals surface area contributed by atoms with Crippen molar-refractivity contribution in [2.45, 2.75) is 12.5 Å². The zero-order chi connectivity index (χ0) is 16.8. The first-order chi connectivity index (χ1) is 11.0. The van der Waals surface area contributed by atoms with Crippen molar-refractivity contribution < 1.29 is 24.3 Å². The Morgan fingerprint density at radius 1 is 1.22 bits per heavy atom. The van der Waals surface area contributed by atoms with Crippen molar-refractivity contribution in [2.24, 2.45) is 0 Å². The Morgan fingerprint density at radius 2 is 1.87 bits per heavy atom. The molecular formula is C16H15NO6. The predicted molar refractivity (Wildman–Crippen MR) is 81.8 cm³/mol. The molecule has 23 heavy (non-hydrogen) atoms. The lowest BCUT2D eigenvalue weighted by molar-refractivity contribution is -0.384. The van der Waals surface area contributed by atoms with Gasteiger partial charge in [-0.3, -0.25) is 10.1 Å². The molecule has 0 saturated carbocycles. The molecule has 2 aromatic carbocycles. The maximum Gasteiger partial charge on any atom is 0.345 e. The van der Waals surface area contributed by atoms with Gasteiger partial charge in [0.2, 0.25) is 0 Å². The van der Waals surface area contributed by atoms with E-state index in [1.807, 2.05) is 0 Å². The molecule has 0 radical (unpaired) electrons. The monoisotopic (exact) mass is 317 g/mol. The molecule has 0 aliphatic heterocycles. The summed E-state index contributed by atoms with van der Waals surface area (Å²) in [5, 5.41) is 20.1. The van der Waals surface area contributed by atoms with Gasteiger partial charge in [0.05, 0.1) is 12.0 Å². The number of methoxy groups -OCH3 is 1. The third-order valence-electron chi connectivity index (χ3n) is 3.16. The Morgan fingerprint density at radius 3 is 2.43 bits per heavy atom. The van der Waals surface area contributed by atoms with Crippen LogP contribution in [-0.4, -0.2) is 29.2 Å². The van der Waals surface area contributed by atoms with Crippen molar-refractivity contribution in [1.29, 1.82) is 0 Å². The third kappa shape index (κ3) is 4.44. The second-order valence-electron chi connectivity index (χ2n) is 4.75. The molecule has 120 valence electrons. The number of ether oxygens (including phenoxy) is 2. The summed E-state index contributed by atoms with van der Waals surface area (Å²) in [6.07, 6.45) is -1.13. The molecule has 2 rings (SSSR count). The van der Waals surface area contributed by atoms with E-state index in [0.717, 1.165) is 0 Å². The molecule has 0 aliphatic rings. The minimum Gasteiger partial charge on any atom is -0.497 e. The van der Waals surface area contributed by atoms with Crippen molar-refractivity contribution in [3.05, 3.63) is 64.2 Å². The van der Waals surface area contributed by atoms with Crippen LogP contribution in [0.2, 0.25) is 0 Å². The number of rotatable bonds is 7. The molecule has 0 bridgehead atoms. The number of hydrogen-bond donors (Lipinski definition) is 1. The van der Waals surface area contributed by atoms with Crippen molar-refractivity contribution in [3.63, 3.8) is 0 Å². The minimum absolute atomic E-state index is 0.0169. The van der Waals surface area contributed by atoms with Crippen LogP contribution in [0.25, 0.3) is 0 Å². The lowest BCUT2D eigenvalue weighted by atomic mass is 10.1. The molecule has 1 unspecified atom stereocenters. The van der Waals surface area contributed by atoms with Crippen LogP contribution in [0, 0.1) is 10.1 Å². The van der Waals surface area contributed by atoms with Crippen LogP contribution in [0.3, 0.4) is 0 Å². The largest absolute Gasteiger partial charge is 0.497 e. The van der Waals surface area contributed by atoms with E-state index in [0.29, 0.717) is 17.1 Å². The standard InChI is InChI=1S/C16H15NO6/c1-22-13-5-7-14(8-6-13)23-15(16(18)19)10-11-3-2-4-12(9-11)17(20)21/h2-9,15H,10H2,1H3,(H,18,19). The highest BCUT2D eigenvalue weighted by Gasteiger charge is 2.21. The third-order valence-corrected chi connectivity index (χ3v) is 3.16. The Kier molecular flexibility index (Phi) is 5.14. The quantitative estimate of drug-likeness (QED) is 0.622. The molecule has 2 aromatic rings. The SMILES string of the molecule is COc1ccc(OC(Cc2cccc([N+](=O)[O-])c2)C(=O)O)cc1. The molecule has 0 amide bonds.